The highest BCUT2D eigenvalue weighted by atomic mass is 35.5. The normalized spacial score (nSPS) is 12.1. The van der Waals surface area contributed by atoms with E-state index in [4.69, 9.17) is 31.0 Å². The van der Waals surface area contributed by atoms with Crippen LogP contribution in [0.4, 0.5) is 0 Å². The first-order chi connectivity index (χ1) is 14.1. The van der Waals surface area contributed by atoms with Gasteiger partial charge in [0.15, 0.2) is 0 Å². The summed E-state index contributed by atoms with van der Waals surface area (Å²) in [7, 11) is 0. The maximum atomic E-state index is 6.61. The lowest BCUT2D eigenvalue weighted by Crippen LogP contribution is -2.18. The Balaban J connectivity index is 2.37. The van der Waals surface area contributed by atoms with Gasteiger partial charge in [-0.25, -0.2) is 9.97 Å². The summed E-state index contributed by atoms with van der Waals surface area (Å²) in [6.45, 7) is 11.3. The van der Waals surface area contributed by atoms with Crippen LogP contribution in [0.1, 0.15) is 78.1 Å². The Labute approximate surface area is 181 Å². The molecule has 1 aromatic carbocycles. The van der Waals surface area contributed by atoms with Gasteiger partial charge in [-0.1, -0.05) is 59.1 Å². The molecule has 0 saturated carbocycles. The van der Waals surface area contributed by atoms with Gasteiger partial charge in [0.05, 0.1) is 23.0 Å². The average molecular weight is 419 g/mol. The summed E-state index contributed by atoms with van der Waals surface area (Å²) in [5.74, 6) is 1.46. The zero-order valence-electron chi connectivity index (χ0n) is 18.6. The van der Waals surface area contributed by atoms with Gasteiger partial charge in [0.25, 0.3) is 0 Å². The summed E-state index contributed by atoms with van der Waals surface area (Å²) < 4.78 is 12.0. The Kier molecular flexibility index (Phi) is 9.72. The molecule has 0 saturated heterocycles. The number of ether oxygens (including phenoxy) is 2. The highest BCUT2D eigenvalue weighted by molar-refractivity contribution is 6.33. The number of aryl methyl sites for hydroxylation is 2. The van der Waals surface area contributed by atoms with E-state index in [1.165, 1.54) is 0 Å². The van der Waals surface area contributed by atoms with Gasteiger partial charge < -0.3 is 9.47 Å². The van der Waals surface area contributed by atoms with E-state index in [9.17, 15) is 0 Å². The second kappa shape index (κ2) is 12.0. The minimum absolute atomic E-state index is 0.179. The van der Waals surface area contributed by atoms with Gasteiger partial charge in [-0.3, -0.25) is 0 Å². The number of unbranched alkanes of at least 4 members (excludes halogenated alkanes) is 1. The third kappa shape index (κ3) is 6.33. The largest absolute Gasteiger partial charge is 0.494 e. The second-order valence-electron chi connectivity index (χ2n) is 7.26. The smallest absolute Gasteiger partial charge is 0.236 e. The van der Waals surface area contributed by atoms with E-state index in [0.29, 0.717) is 17.5 Å². The van der Waals surface area contributed by atoms with Crippen LogP contribution in [0.5, 0.6) is 11.6 Å². The van der Waals surface area contributed by atoms with E-state index >= 15 is 0 Å². The molecule has 5 heteroatoms. The molecular weight excluding hydrogens is 384 g/mol. The standard InChI is InChI=1S/C24H35ClN2O2/c1-6-11-15-28-18-13-14-19(20(25)16-18)23-21(9-4)27-24(22(10-5)26-23)29-17(8-3)12-7-2/h13-14,16-17H,6-12,15H2,1-5H3. The number of halogens is 1. The second-order valence-corrected chi connectivity index (χ2v) is 7.67. The van der Waals surface area contributed by atoms with Crippen molar-refractivity contribution in [2.24, 2.45) is 0 Å². The lowest BCUT2D eigenvalue weighted by Gasteiger charge is -2.20. The molecule has 0 radical (unpaired) electrons. The van der Waals surface area contributed by atoms with Crippen molar-refractivity contribution >= 4 is 11.6 Å². The fraction of sp³-hybridized carbons (Fsp3) is 0.583. The number of aromatic nitrogens is 2. The predicted molar refractivity (Wildman–Crippen MR) is 121 cm³/mol. The van der Waals surface area contributed by atoms with Crippen molar-refractivity contribution in [3.63, 3.8) is 0 Å². The van der Waals surface area contributed by atoms with Crippen LogP contribution in [0.15, 0.2) is 18.2 Å². The lowest BCUT2D eigenvalue weighted by atomic mass is 10.1. The van der Waals surface area contributed by atoms with Gasteiger partial charge in [-0.05, 0) is 50.3 Å². The molecule has 2 rings (SSSR count). The lowest BCUT2D eigenvalue weighted by molar-refractivity contribution is 0.175. The molecule has 0 fully saturated rings. The molecule has 0 aliphatic rings. The van der Waals surface area contributed by atoms with E-state index in [1.54, 1.807) is 0 Å². The van der Waals surface area contributed by atoms with Crippen LogP contribution in [0.2, 0.25) is 5.02 Å². The van der Waals surface area contributed by atoms with Crippen molar-refractivity contribution in [2.45, 2.75) is 85.7 Å². The fourth-order valence-corrected chi connectivity index (χ4v) is 3.47. The molecular formula is C24H35ClN2O2. The SMILES string of the molecule is CCCCOc1ccc(-c2nc(CC)c(OC(CC)CCC)nc2CC)c(Cl)c1. The van der Waals surface area contributed by atoms with E-state index in [1.807, 2.05) is 18.2 Å². The molecule has 1 unspecified atom stereocenters. The van der Waals surface area contributed by atoms with E-state index in [-0.39, 0.29) is 6.10 Å². The number of hydrogen-bond donors (Lipinski definition) is 0. The summed E-state index contributed by atoms with van der Waals surface area (Å²) in [6.07, 6.45) is 6.92. The first kappa shape index (κ1) is 23.5. The maximum Gasteiger partial charge on any atom is 0.236 e. The molecule has 0 spiro atoms. The van der Waals surface area contributed by atoms with Gasteiger partial charge in [-0.2, -0.15) is 0 Å². The highest BCUT2D eigenvalue weighted by Gasteiger charge is 2.19. The zero-order valence-corrected chi connectivity index (χ0v) is 19.3. The van der Waals surface area contributed by atoms with E-state index < -0.39 is 0 Å². The van der Waals surface area contributed by atoms with Gasteiger partial charge in [-0.15, -0.1) is 0 Å². The van der Waals surface area contributed by atoms with Crippen molar-refractivity contribution in [1.82, 2.24) is 9.97 Å². The number of hydrogen-bond acceptors (Lipinski definition) is 4. The van der Waals surface area contributed by atoms with Crippen LogP contribution in [0.3, 0.4) is 0 Å². The topological polar surface area (TPSA) is 44.2 Å². The first-order valence-corrected chi connectivity index (χ1v) is 11.4. The molecule has 160 valence electrons. The van der Waals surface area contributed by atoms with Crippen molar-refractivity contribution in [2.75, 3.05) is 6.61 Å². The molecule has 29 heavy (non-hydrogen) atoms. The Morgan fingerprint density at radius 3 is 2.31 bits per heavy atom. The Morgan fingerprint density at radius 1 is 0.966 bits per heavy atom. The van der Waals surface area contributed by atoms with Crippen LogP contribution in [0.25, 0.3) is 11.3 Å². The molecule has 4 nitrogen and oxygen atoms in total. The van der Waals surface area contributed by atoms with Crippen molar-refractivity contribution < 1.29 is 9.47 Å². The monoisotopic (exact) mass is 418 g/mol. The maximum absolute atomic E-state index is 6.61. The van der Waals surface area contributed by atoms with Crippen molar-refractivity contribution in [3.8, 4) is 22.9 Å². The molecule has 0 aliphatic heterocycles. The minimum Gasteiger partial charge on any atom is -0.494 e. The molecule has 1 heterocycles. The predicted octanol–water partition coefficient (Wildman–Crippen LogP) is 7.06. The summed E-state index contributed by atoms with van der Waals surface area (Å²) in [6, 6.07) is 5.82. The average Bonchev–Trinajstić information content (AvgIpc) is 2.73. The molecule has 0 bridgehead atoms. The Bertz CT molecular complexity index is 780. The highest BCUT2D eigenvalue weighted by Crippen LogP contribution is 2.34. The quantitative estimate of drug-likeness (QED) is 0.346. The third-order valence-corrected chi connectivity index (χ3v) is 5.29. The van der Waals surface area contributed by atoms with Crippen LogP contribution in [-0.2, 0) is 12.8 Å². The number of nitrogens with zero attached hydrogens (tertiary/aromatic N) is 2. The molecule has 1 aromatic heterocycles. The molecule has 1 atom stereocenters. The Morgan fingerprint density at radius 2 is 1.72 bits per heavy atom. The van der Waals surface area contributed by atoms with E-state index in [0.717, 1.165) is 73.3 Å². The van der Waals surface area contributed by atoms with Gasteiger partial charge >= 0.3 is 0 Å². The van der Waals surface area contributed by atoms with Gasteiger partial charge in [0.1, 0.15) is 17.5 Å². The first-order valence-electron chi connectivity index (χ1n) is 11.1. The van der Waals surface area contributed by atoms with Crippen LogP contribution in [0, 0.1) is 0 Å². The molecule has 0 aliphatic carbocycles. The Hall–Kier alpha value is -1.81. The van der Waals surface area contributed by atoms with Crippen molar-refractivity contribution in [3.05, 3.63) is 34.6 Å². The van der Waals surface area contributed by atoms with Gasteiger partial charge in [0.2, 0.25) is 5.88 Å². The van der Waals surface area contributed by atoms with Crippen LogP contribution >= 0.6 is 11.6 Å². The molecule has 2 aromatic rings. The van der Waals surface area contributed by atoms with Gasteiger partial charge in [0, 0.05) is 5.56 Å². The van der Waals surface area contributed by atoms with E-state index in [2.05, 4.69) is 34.6 Å². The third-order valence-electron chi connectivity index (χ3n) is 4.98. The summed E-state index contributed by atoms with van der Waals surface area (Å²) >= 11 is 6.61. The summed E-state index contributed by atoms with van der Waals surface area (Å²) in [5.41, 5.74) is 3.52. The molecule has 0 amide bonds. The summed E-state index contributed by atoms with van der Waals surface area (Å²) in [4.78, 5) is 9.79. The fourth-order valence-electron chi connectivity index (χ4n) is 3.21. The summed E-state index contributed by atoms with van der Waals surface area (Å²) in [5, 5.41) is 0.635. The van der Waals surface area contributed by atoms with Crippen molar-refractivity contribution in [1.29, 1.82) is 0 Å². The molecule has 0 N–H and O–H groups in total. The van der Waals surface area contributed by atoms with Crippen LogP contribution < -0.4 is 9.47 Å². The minimum atomic E-state index is 0.179. The van der Waals surface area contributed by atoms with Crippen LogP contribution in [-0.4, -0.2) is 22.7 Å². The number of benzene rings is 1. The zero-order chi connectivity index (χ0) is 21.2. The number of rotatable bonds is 12.